The highest BCUT2D eigenvalue weighted by Crippen LogP contribution is 2.31. The second kappa shape index (κ2) is 12.0. The molecule has 0 aliphatic carbocycles. The molecule has 0 radical (unpaired) electrons. The minimum atomic E-state index is -0.650. The van der Waals surface area contributed by atoms with E-state index in [4.69, 9.17) is 4.74 Å². The maximum atomic E-state index is 13.2. The molecule has 8 heteroatoms. The van der Waals surface area contributed by atoms with Gasteiger partial charge in [0.2, 0.25) is 0 Å². The van der Waals surface area contributed by atoms with Gasteiger partial charge in [0, 0.05) is 23.2 Å². The molecule has 0 saturated heterocycles. The fourth-order valence-corrected chi connectivity index (χ4v) is 4.73. The van der Waals surface area contributed by atoms with Crippen LogP contribution in [0.15, 0.2) is 54.6 Å². The lowest BCUT2D eigenvalue weighted by Gasteiger charge is -2.28. The van der Waals surface area contributed by atoms with Gasteiger partial charge in [-0.15, -0.1) is 10.2 Å². The molecule has 3 aromatic rings. The van der Waals surface area contributed by atoms with E-state index >= 15 is 0 Å². The minimum Gasteiger partial charge on any atom is -0.467 e. The zero-order chi connectivity index (χ0) is 27.2. The molecule has 198 valence electrons. The average molecular weight is 515 g/mol. The number of aryl methyl sites for hydroxylation is 1. The Kier molecular flexibility index (Phi) is 8.51. The van der Waals surface area contributed by atoms with E-state index in [2.05, 4.69) is 22.4 Å². The van der Waals surface area contributed by atoms with E-state index in [-0.39, 0.29) is 17.7 Å². The molecule has 0 bridgehead atoms. The number of aromatic nitrogens is 2. The standard InChI is InChI=1S/C30H34N4O4/c1-5-6-7-8-20-9-11-21(12-10-20)28(35)31-26-16-15-25(32-33-26)22-13-14-23-18-34(29(36)24(23)17-22)27(19(2)3)30(37)38-4/h9-17,19,27H,5-8,18H2,1-4H3,(H,31,33,35)/t27-/m0/s1. The number of esters is 1. The molecule has 1 aliphatic rings. The number of methoxy groups -OCH3 is 1. The van der Waals surface area contributed by atoms with Crippen molar-refractivity contribution in [2.75, 3.05) is 12.4 Å². The first-order valence-corrected chi connectivity index (χ1v) is 13.1. The van der Waals surface area contributed by atoms with E-state index in [1.165, 1.54) is 25.5 Å². The molecular weight excluding hydrogens is 480 g/mol. The molecule has 1 aromatic heterocycles. The van der Waals surface area contributed by atoms with Crippen molar-refractivity contribution in [2.45, 2.75) is 59.0 Å². The number of fused-ring (bicyclic) bond motifs is 1. The summed E-state index contributed by atoms with van der Waals surface area (Å²) in [4.78, 5) is 39.7. The number of rotatable bonds is 10. The number of carbonyl (C=O) groups excluding carboxylic acids is 3. The van der Waals surface area contributed by atoms with E-state index in [9.17, 15) is 14.4 Å². The Bertz CT molecular complexity index is 1300. The predicted octanol–water partition coefficient (Wildman–Crippen LogP) is 5.28. The molecule has 2 heterocycles. The zero-order valence-electron chi connectivity index (χ0n) is 22.4. The molecule has 0 unspecified atom stereocenters. The fraction of sp³-hybridized carbons (Fsp3) is 0.367. The van der Waals surface area contributed by atoms with Gasteiger partial charge in [0.15, 0.2) is 5.82 Å². The highest BCUT2D eigenvalue weighted by Gasteiger charge is 2.38. The van der Waals surface area contributed by atoms with E-state index < -0.39 is 12.0 Å². The second-order valence-electron chi connectivity index (χ2n) is 9.93. The van der Waals surface area contributed by atoms with Crippen LogP contribution in [0.4, 0.5) is 5.82 Å². The number of hydrogen-bond acceptors (Lipinski definition) is 6. The van der Waals surface area contributed by atoms with E-state index in [0.29, 0.717) is 29.2 Å². The monoisotopic (exact) mass is 514 g/mol. The number of benzene rings is 2. The number of hydrogen-bond donors (Lipinski definition) is 1. The Balaban J connectivity index is 1.43. The van der Waals surface area contributed by atoms with E-state index in [0.717, 1.165) is 24.0 Å². The highest BCUT2D eigenvalue weighted by atomic mass is 16.5. The Labute approximate surface area is 223 Å². The summed E-state index contributed by atoms with van der Waals surface area (Å²) in [5.74, 6) is -0.628. The van der Waals surface area contributed by atoms with Gasteiger partial charge in [-0.25, -0.2) is 4.79 Å². The third-order valence-electron chi connectivity index (χ3n) is 6.84. The van der Waals surface area contributed by atoms with Crippen LogP contribution in [0.25, 0.3) is 11.3 Å². The van der Waals surface area contributed by atoms with Gasteiger partial charge in [-0.1, -0.05) is 57.9 Å². The van der Waals surface area contributed by atoms with Gasteiger partial charge >= 0.3 is 5.97 Å². The van der Waals surface area contributed by atoms with Crippen LogP contribution >= 0.6 is 0 Å². The molecule has 0 saturated carbocycles. The number of unbranched alkanes of at least 4 members (excludes halogenated alkanes) is 2. The van der Waals surface area contributed by atoms with E-state index in [1.807, 2.05) is 50.2 Å². The van der Waals surface area contributed by atoms with Crippen LogP contribution in [-0.4, -0.2) is 46.0 Å². The lowest BCUT2D eigenvalue weighted by atomic mass is 10.0. The Morgan fingerprint density at radius 2 is 1.79 bits per heavy atom. The van der Waals surface area contributed by atoms with Crippen LogP contribution in [0, 0.1) is 5.92 Å². The van der Waals surface area contributed by atoms with Crippen LogP contribution in [0.2, 0.25) is 0 Å². The normalized spacial score (nSPS) is 13.4. The lowest BCUT2D eigenvalue weighted by molar-refractivity contribution is -0.147. The molecule has 4 rings (SSSR count). The maximum Gasteiger partial charge on any atom is 0.328 e. The molecule has 1 N–H and O–H groups in total. The SMILES string of the molecule is CCCCCc1ccc(C(=O)Nc2ccc(-c3ccc4c(c3)C(=O)N([C@H](C(=O)OC)C(C)C)C4)nn2)cc1. The lowest BCUT2D eigenvalue weighted by Crippen LogP contribution is -2.45. The van der Waals surface area contributed by atoms with Gasteiger partial charge < -0.3 is 15.0 Å². The topological polar surface area (TPSA) is 101 Å². The van der Waals surface area contributed by atoms with Gasteiger partial charge in [0.05, 0.1) is 12.8 Å². The second-order valence-corrected chi connectivity index (χ2v) is 9.93. The summed E-state index contributed by atoms with van der Waals surface area (Å²) in [7, 11) is 1.33. The Morgan fingerprint density at radius 1 is 1.03 bits per heavy atom. The van der Waals surface area contributed by atoms with Gasteiger partial charge in [0.25, 0.3) is 11.8 Å². The van der Waals surface area contributed by atoms with Crippen molar-refractivity contribution in [1.82, 2.24) is 15.1 Å². The van der Waals surface area contributed by atoms with Crippen molar-refractivity contribution in [2.24, 2.45) is 5.92 Å². The molecular formula is C30H34N4O4. The molecule has 2 amide bonds. The quantitative estimate of drug-likeness (QED) is 0.292. The first kappa shape index (κ1) is 27.0. The Morgan fingerprint density at radius 3 is 2.42 bits per heavy atom. The number of nitrogens with one attached hydrogen (secondary N) is 1. The summed E-state index contributed by atoms with van der Waals surface area (Å²) < 4.78 is 4.94. The van der Waals surface area contributed by atoms with Crippen molar-refractivity contribution < 1.29 is 19.1 Å². The van der Waals surface area contributed by atoms with Crippen molar-refractivity contribution in [3.63, 3.8) is 0 Å². The molecule has 1 aliphatic heterocycles. The third kappa shape index (κ3) is 5.90. The fourth-order valence-electron chi connectivity index (χ4n) is 4.73. The summed E-state index contributed by atoms with van der Waals surface area (Å²) in [6.45, 7) is 6.31. The Hall–Kier alpha value is -4.07. The van der Waals surface area contributed by atoms with Gasteiger partial charge in [-0.2, -0.15) is 0 Å². The molecule has 0 fully saturated rings. The van der Waals surface area contributed by atoms with Crippen LogP contribution in [0.1, 0.15) is 71.9 Å². The summed E-state index contributed by atoms with van der Waals surface area (Å²) in [6.07, 6.45) is 4.54. The molecule has 2 aromatic carbocycles. The van der Waals surface area contributed by atoms with E-state index in [1.54, 1.807) is 23.1 Å². The van der Waals surface area contributed by atoms with Crippen LogP contribution in [0.5, 0.6) is 0 Å². The van der Waals surface area contributed by atoms with Crippen LogP contribution in [-0.2, 0) is 22.5 Å². The predicted molar refractivity (Wildman–Crippen MR) is 146 cm³/mol. The largest absolute Gasteiger partial charge is 0.467 e. The summed E-state index contributed by atoms with van der Waals surface area (Å²) >= 11 is 0. The zero-order valence-corrected chi connectivity index (χ0v) is 22.4. The molecule has 0 spiro atoms. The van der Waals surface area contributed by atoms with Crippen LogP contribution in [0.3, 0.4) is 0 Å². The van der Waals surface area contributed by atoms with Crippen molar-refractivity contribution >= 4 is 23.6 Å². The van der Waals surface area contributed by atoms with Crippen molar-refractivity contribution in [3.8, 4) is 11.3 Å². The number of amides is 2. The number of nitrogens with zero attached hydrogens (tertiary/aromatic N) is 3. The molecule has 1 atom stereocenters. The molecule has 38 heavy (non-hydrogen) atoms. The maximum absolute atomic E-state index is 13.2. The smallest absolute Gasteiger partial charge is 0.328 e. The minimum absolute atomic E-state index is 0.0856. The van der Waals surface area contributed by atoms with Gasteiger partial charge in [-0.05, 0) is 60.2 Å². The summed E-state index contributed by atoms with van der Waals surface area (Å²) in [6, 6.07) is 16.0. The van der Waals surface area contributed by atoms with Crippen molar-refractivity contribution in [1.29, 1.82) is 0 Å². The number of ether oxygens (including phenoxy) is 1. The van der Waals surface area contributed by atoms with Crippen molar-refractivity contribution in [3.05, 3.63) is 76.9 Å². The average Bonchev–Trinajstić information content (AvgIpc) is 3.24. The summed E-state index contributed by atoms with van der Waals surface area (Å²) in [5.41, 5.74) is 4.46. The summed E-state index contributed by atoms with van der Waals surface area (Å²) in [5, 5.41) is 11.2. The first-order chi connectivity index (χ1) is 18.3. The third-order valence-corrected chi connectivity index (χ3v) is 6.84. The number of anilines is 1. The highest BCUT2D eigenvalue weighted by molar-refractivity contribution is 6.04. The molecule has 8 nitrogen and oxygen atoms in total. The van der Waals surface area contributed by atoms with Crippen LogP contribution < -0.4 is 5.32 Å². The first-order valence-electron chi connectivity index (χ1n) is 13.1. The number of carbonyl (C=O) groups is 3. The van der Waals surface area contributed by atoms with Gasteiger partial charge in [-0.3, -0.25) is 9.59 Å². The van der Waals surface area contributed by atoms with Gasteiger partial charge in [0.1, 0.15) is 6.04 Å².